The molecule has 3 fully saturated rings. The van der Waals surface area contributed by atoms with Crippen molar-refractivity contribution in [2.45, 2.75) is 108 Å². The van der Waals surface area contributed by atoms with E-state index in [0.717, 1.165) is 52.8 Å². The summed E-state index contributed by atoms with van der Waals surface area (Å²) in [6.45, 7) is 6.83. The number of esters is 1. The Bertz CT molecular complexity index is 1780. The van der Waals surface area contributed by atoms with Crippen LogP contribution in [0.3, 0.4) is 0 Å². The number of hydrogen-bond donors (Lipinski definition) is 2. The zero-order valence-corrected chi connectivity index (χ0v) is 30.8. The predicted molar refractivity (Wildman–Crippen MR) is 193 cm³/mol. The number of rotatable bonds is 10. The highest BCUT2D eigenvalue weighted by Crippen LogP contribution is 2.39. The number of halogens is 3. The van der Waals surface area contributed by atoms with Crippen LogP contribution in [0.2, 0.25) is 0 Å². The van der Waals surface area contributed by atoms with Gasteiger partial charge in [-0.25, -0.2) is 0 Å². The normalized spacial score (nSPS) is 23.7. The lowest BCUT2D eigenvalue weighted by atomic mass is 9.98. The Balaban J connectivity index is 1.14. The van der Waals surface area contributed by atoms with Crippen molar-refractivity contribution in [2.75, 3.05) is 19.6 Å². The molecule has 0 unspecified atom stereocenters. The summed E-state index contributed by atoms with van der Waals surface area (Å²) in [4.78, 5) is 40.5. The molecule has 0 saturated carbocycles. The van der Waals surface area contributed by atoms with Crippen LogP contribution in [-0.2, 0) is 41.7 Å². The summed E-state index contributed by atoms with van der Waals surface area (Å²) < 4.78 is 58.0. The van der Waals surface area contributed by atoms with Crippen LogP contribution in [0.4, 0.5) is 13.2 Å². The third-order valence-corrected chi connectivity index (χ3v) is 10.1. The molecule has 13 heteroatoms. The first-order valence-electron chi connectivity index (χ1n) is 18.5. The SMILES string of the molecule is CC(C)(C)OC(=O)[C@@H]1CCCN1C[C@@H]1C[C@H](c2ccc(CO)cc2)O[C@H](c2ccc(-c3cccc(CNC(=O)[C@@H]4CCCN4C(=O)C(F)(F)F)c3)cc2)O1. The summed E-state index contributed by atoms with van der Waals surface area (Å²) >= 11 is 0. The molecule has 3 aliphatic heterocycles. The molecule has 3 aliphatic rings. The molecule has 3 aromatic rings. The third-order valence-electron chi connectivity index (χ3n) is 10.1. The number of nitrogens with one attached hydrogen (secondary N) is 1. The van der Waals surface area contributed by atoms with Crippen LogP contribution < -0.4 is 5.32 Å². The molecule has 3 heterocycles. The van der Waals surface area contributed by atoms with Gasteiger partial charge in [0.25, 0.3) is 0 Å². The number of ether oxygens (including phenoxy) is 3. The molecular formula is C41H48F3N3O7. The van der Waals surface area contributed by atoms with Gasteiger partial charge in [-0.2, -0.15) is 13.2 Å². The van der Waals surface area contributed by atoms with Crippen LogP contribution in [0.25, 0.3) is 11.1 Å². The van der Waals surface area contributed by atoms with E-state index in [1.165, 1.54) is 0 Å². The van der Waals surface area contributed by atoms with Crippen LogP contribution in [-0.4, -0.2) is 82.3 Å². The van der Waals surface area contributed by atoms with E-state index in [1.54, 1.807) is 0 Å². The van der Waals surface area contributed by atoms with E-state index in [-0.39, 0.29) is 50.3 Å². The van der Waals surface area contributed by atoms with E-state index in [1.807, 2.05) is 93.6 Å². The second-order valence-electron chi connectivity index (χ2n) is 15.2. The van der Waals surface area contributed by atoms with Crippen molar-refractivity contribution < 1.29 is 46.9 Å². The van der Waals surface area contributed by atoms with E-state index < -0.39 is 35.9 Å². The summed E-state index contributed by atoms with van der Waals surface area (Å²) in [7, 11) is 0. The highest BCUT2D eigenvalue weighted by atomic mass is 19.4. The Labute approximate surface area is 313 Å². The number of amides is 2. The number of nitrogens with zero attached hydrogens (tertiary/aromatic N) is 2. The molecule has 3 aromatic carbocycles. The van der Waals surface area contributed by atoms with Gasteiger partial charge in [0.05, 0.1) is 18.8 Å². The third kappa shape index (κ3) is 9.67. The number of aliphatic hydroxyl groups is 1. The van der Waals surface area contributed by atoms with Crippen molar-refractivity contribution in [1.29, 1.82) is 0 Å². The number of likely N-dealkylation sites (tertiary alicyclic amines) is 2. The molecule has 5 atom stereocenters. The molecule has 10 nitrogen and oxygen atoms in total. The summed E-state index contributed by atoms with van der Waals surface area (Å²) in [6.07, 6.45) is -3.56. The van der Waals surface area contributed by atoms with Crippen molar-refractivity contribution in [3.8, 4) is 11.1 Å². The van der Waals surface area contributed by atoms with Crippen LogP contribution in [0.5, 0.6) is 0 Å². The van der Waals surface area contributed by atoms with E-state index in [2.05, 4.69) is 10.2 Å². The van der Waals surface area contributed by atoms with Gasteiger partial charge in [-0.1, -0.05) is 66.7 Å². The quantitative estimate of drug-likeness (QED) is 0.230. The lowest BCUT2D eigenvalue weighted by molar-refractivity contribution is -0.253. The fourth-order valence-electron chi connectivity index (χ4n) is 7.42. The maximum absolute atomic E-state index is 13.1. The average molecular weight is 752 g/mol. The highest BCUT2D eigenvalue weighted by Gasteiger charge is 2.47. The van der Waals surface area contributed by atoms with Gasteiger partial charge in [-0.3, -0.25) is 19.3 Å². The lowest BCUT2D eigenvalue weighted by Gasteiger charge is -2.38. The van der Waals surface area contributed by atoms with Crippen molar-refractivity contribution >= 4 is 17.8 Å². The fourth-order valence-corrected chi connectivity index (χ4v) is 7.42. The van der Waals surface area contributed by atoms with Gasteiger partial charge < -0.3 is 29.5 Å². The molecule has 290 valence electrons. The Morgan fingerprint density at radius 1 is 0.852 bits per heavy atom. The molecule has 0 bridgehead atoms. The van der Waals surface area contributed by atoms with Gasteiger partial charge in [-0.05, 0) is 86.9 Å². The number of carbonyl (C=O) groups excluding carboxylic acids is 3. The number of aliphatic hydroxyl groups excluding tert-OH is 1. The first-order valence-corrected chi connectivity index (χ1v) is 18.5. The standard InChI is InChI=1S/C41H48F3N3O7/c1-40(2,3)54-37(50)34-10-5-19-46(34)24-32-22-35(29-13-11-26(25-48)12-14-29)53-38(52-32)30-17-15-28(16-18-30)31-8-4-7-27(21-31)23-45-36(49)33-9-6-20-47(33)39(51)41(42,43)44/h4,7-8,11-18,21,32-35,38,48H,5-6,9-10,19-20,22-25H2,1-3H3,(H,45,49)/t32-,33-,34-,35+,38+/m0/s1. The number of alkyl halides is 3. The smallest absolute Gasteiger partial charge is 0.459 e. The van der Waals surface area contributed by atoms with Gasteiger partial charge in [0.1, 0.15) is 17.7 Å². The van der Waals surface area contributed by atoms with Crippen molar-refractivity contribution in [3.05, 3.63) is 95.1 Å². The van der Waals surface area contributed by atoms with Gasteiger partial charge in [0.15, 0.2) is 6.29 Å². The first kappa shape index (κ1) is 39.4. The minimum atomic E-state index is -5.03. The van der Waals surface area contributed by atoms with Crippen LogP contribution >= 0.6 is 0 Å². The largest absolute Gasteiger partial charge is 0.471 e. The van der Waals surface area contributed by atoms with E-state index >= 15 is 0 Å². The highest BCUT2D eigenvalue weighted by molar-refractivity contribution is 5.90. The minimum Gasteiger partial charge on any atom is -0.459 e. The Morgan fingerprint density at radius 3 is 2.22 bits per heavy atom. The predicted octanol–water partition coefficient (Wildman–Crippen LogP) is 6.37. The lowest BCUT2D eigenvalue weighted by Crippen LogP contribution is -2.50. The fraction of sp³-hybridized carbons (Fsp3) is 0.488. The van der Waals surface area contributed by atoms with Gasteiger partial charge in [0.2, 0.25) is 5.91 Å². The first-order chi connectivity index (χ1) is 25.7. The maximum Gasteiger partial charge on any atom is 0.471 e. The molecule has 0 aliphatic carbocycles. The van der Waals surface area contributed by atoms with Crippen molar-refractivity contribution in [2.24, 2.45) is 0 Å². The number of carbonyl (C=O) groups is 3. The van der Waals surface area contributed by atoms with Crippen LogP contribution in [0.15, 0.2) is 72.8 Å². The molecule has 6 rings (SSSR count). The second kappa shape index (κ2) is 16.6. The number of benzene rings is 3. The van der Waals surface area contributed by atoms with E-state index in [0.29, 0.717) is 24.3 Å². The van der Waals surface area contributed by atoms with Gasteiger partial charge in [-0.15, -0.1) is 0 Å². The molecule has 2 amide bonds. The van der Waals surface area contributed by atoms with Crippen molar-refractivity contribution in [1.82, 2.24) is 15.1 Å². The minimum absolute atomic E-state index is 0.0577. The average Bonchev–Trinajstić information content (AvgIpc) is 3.83. The Kier molecular flexibility index (Phi) is 12.1. The monoisotopic (exact) mass is 751 g/mol. The van der Waals surface area contributed by atoms with E-state index in [9.17, 15) is 32.7 Å². The van der Waals surface area contributed by atoms with Gasteiger partial charge in [0, 0.05) is 31.6 Å². The molecule has 0 radical (unpaired) electrons. The van der Waals surface area contributed by atoms with Crippen molar-refractivity contribution in [3.63, 3.8) is 0 Å². The summed E-state index contributed by atoms with van der Waals surface area (Å²) in [5, 5.41) is 12.3. The van der Waals surface area contributed by atoms with E-state index in [4.69, 9.17) is 14.2 Å². The Hall–Kier alpha value is -4.30. The Morgan fingerprint density at radius 2 is 1.54 bits per heavy atom. The molecule has 0 spiro atoms. The second-order valence-corrected chi connectivity index (χ2v) is 15.2. The topological polar surface area (TPSA) is 118 Å². The summed E-state index contributed by atoms with van der Waals surface area (Å²) in [5.41, 5.74) is 4.51. The zero-order chi connectivity index (χ0) is 38.6. The molecule has 3 saturated heterocycles. The van der Waals surface area contributed by atoms with Crippen LogP contribution in [0.1, 0.15) is 87.5 Å². The zero-order valence-electron chi connectivity index (χ0n) is 30.8. The molecule has 2 N–H and O–H groups in total. The molecule has 54 heavy (non-hydrogen) atoms. The summed E-state index contributed by atoms with van der Waals surface area (Å²) in [6, 6.07) is 21.4. The molecular weight excluding hydrogens is 703 g/mol. The van der Waals surface area contributed by atoms with Crippen LogP contribution in [0, 0.1) is 0 Å². The number of hydrogen-bond acceptors (Lipinski definition) is 8. The molecule has 0 aromatic heterocycles. The van der Waals surface area contributed by atoms with Gasteiger partial charge >= 0.3 is 18.1 Å². The maximum atomic E-state index is 13.1. The summed E-state index contributed by atoms with van der Waals surface area (Å²) in [5.74, 6) is -2.83.